The van der Waals surface area contributed by atoms with Crippen molar-refractivity contribution in [3.05, 3.63) is 35.4 Å². The molecule has 0 aromatic heterocycles. The van der Waals surface area contributed by atoms with E-state index in [0.717, 1.165) is 12.8 Å². The molecule has 0 aliphatic carbocycles. The topological polar surface area (TPSA) is 20.2 Å². The molecule has 0 aliphatic heterocycles. The van der Waals surface area contributed by atoms with E-state index in [1.807, 2.05) is 6.07 Å². The van der Waals surface area contributed by atoms with Crippen molar-refractivity contribution < 1.29 is 5.11 Å². The van der Waals surface area contributed by atoms with Crippen LogP contribution in [-0.4, -0.2) is 11.7 Å². The molecular formula is C12H18O. The van der Waals surface area contributed by atoms with Crippen molar-refractivity contribution >= 4 is 0 Å². The fraction of sp³-hybridized carbons (Fsp3) is 0.500. The summed E-state index contributed by atoms with van der Waals surface area (Å²) >= 11 is 0. The summed E-state index contributed by atoms with van der Waals surface area (Å²) in [5.74, 6) is 0. The van der Waals surface area contributed by atoms with Gasteiger partial charge >= 0.3 is 0 Å². The first kappa shape index (κ1) is 10.3. The molecule has 0 aliphatic rings. The zero-order chi connectivity index (χ0) is 9.52. The molecule has 0 fully saturated rings. The van der Waals surface area contributed by atoms with Crippen molar-refractivity contribution in [1.29, 1.82) is 0 Å². The first-order valence-corrected chi connectivity index (χ1v) is 5.06. The quantitative estimate of drug-likeness (QED) is 0.734. The molecule has 0 bridgehead atoms. The molecule has 0 saturated heterocycles. The number of aliphatic hydroxyl groups excluding tert-OH is 1. The average Bonchev–Trinajstić information content (AvgIpc) is 2.17. The van der Waals surface area contributed by atoms with Crippen LogP contribution in [0.5, 0.6) is 0 Å². The molecule has 1 rings (SSSR count). The average molecular weight is 178 g/mol. The zero-order valence-corrected chi connectivity index (χ0v) is 8.29. The zero-order valence-electron chi connectivity index (χ0n) is 8.29. The Hall–Kier alpha value is -0.820. The first-order chi connectivity index (χ1) is 6.38. The SMILES string of the molecule is CCCCc1ccccc1CCO. The van der Waals surface area contributed by atoms with Crippen molar-refractivity contribution in [3.8, 4) is 0 Å². The minimum Gasteiger partial charge on any atom is -0.396 e. The monoisotopic (exact) mass is 178 g/mol. The predicted octanol–water partition coefficient (Wildman–Crippen LogP) is 2.56. The van der Waals surface area contributed by atoms with Gasteiger partial charge in [0.15, 0.2) is 0 Å². The van der Waals surface area contributed by atoms with E-state index in [-0.39, 0.29) is 6.61 Å². The molecule has 1 nitrogen and oxygen atoms in total. The molecule has 1 heteroatoms. The Kier molecular flexibility index (Phi) is 4.55. The molecule has 0 amide bonds. The fourth-order valence-electron chi connectivity index (χ4n) is 1.53. The third kappa shape index (κ3) is 3.19. The lowest BCUT2D eigenvalue weighted by molar-refractivity contribution is 0.299. The van der Waals surface area contributed by atoms with Crippen molar-refractivity contribution in [1.82, 2.24) is 0 Å². The van der Waals surface area contributed by atoms with Crippen LogP contribution in [0.25, 0.3) is 0 Å². The van der Waals surface area contributed by atoms with Crippen LogP contribution in [0.3, 0.4) is 0 Å². The van der Waals surface area contributed by atoms with Crippen LogP contribution in [-0.2, 0) is 12.8 Å². The summed E-state index contributed by atoms with van der Waals surface area (Å²) in [5.41, 5.74) is 2.71. The summed E-state index contributed by atoms with van der Waals surface area (Å²) in [6.07, 6.45) is 4.41. The normalized spacial score (nSPS) is 10.3. The standard InChI is InChI=1S/C12H18O/c1-2-3-6-11-7-4-5-8-12(11)9-10-13/h4-5,7-8,13H,2-3,6,9-10H2,1H3. The number of aliphatic hydroxyl groups is 1. The number of aryl methyl sites for hydroxylation is 1. The molecule has 0 radical (unpaired) electrons. The van der Waals surface area contributed by atoms with Crippen LogP contribution in [0, 0.1) is 0 Å². The van der Waals surface area contributed by atoms with Gasteiger partial charge in [0.2, 0.25) is 0 Å². The van der Waals surface area contributed by atoms with E-state index in [2.05, 4.69) is 25.1 Å². The third-order valence-corrected chi connectivity index (χ3v) is 2.30. The summed E-state index contributed by atoms with van der Waals surface area (Å²) in [4.78, 5) is 0. The van der Waals surface area contributed by atoms with E-state index in [1.54, 1.807) is 0 Å². The van der Waals surface area contributed by atoms with Crippen LogP contribution in [0.1, 0.15) is 30.9 Å². The molecule has 0 atom stereocenters. The summed E-state index contributed by atoms with van der Waals surface area (Å²) in [6, 6.07) is 8.40. The van der Waals surface area contributed by atoms with Gasteiger partial charge in [0.1, 0.15) is 0 Å². The summed E-state index contributed by atoms with van der Waals surface area (Å²) in [7, 11) is 0. The highest BCUT2D eigenvalue weighted by Gasteiger charge is 1.99. The highest BCUT2D eigenvalue weighted by Crippen LogP contribution is 2.12. The molecule has 72 valence electrons. The van der Waals surface area contributed by atoms with Crippen LogP contribution >= 0.6 is 0 Å². The lowest BCUT2D eigenvalue weighted by atomic mass is 10.0. The molecule has 0 saturated carbocycles. The molecular weight excluding hydrogens is 160 g/mol. The minimum absolute atomic E-state index is 0.253. The highest BCUT2D eigenvalue weighted by molar-refractivity contribution is 5.27. The smallest absolute Gasteiger partial charge is 0.0471 e. The lowest BCUT2D eigenvalue weighted by Gasteiger charge is -2.06. The summed E-state index contributed by atoms with van der Waals surface area (Å²) in [6.45, 7) is 2.46. The van der Waals surface area contributed by atoms with Gasteiger partial charge in [-0.1, -0.05) is 37.6 Å². The Balaban J connectivity index is 2.66. The van der Waals surface area contributed by atoms with Gasteiger partial charge in [-0.3, -0.25) is 0 Å². The third-order valence-electron chi connectivity index (χ3n) is 2.30. The van der Waals surface area contributed by atoms with Gasteiger partial charge in [0.05, 0.1) is 0 Å². The predicted molar refractivity (Wildman–Crippen MR) is 55.8 cm³/mol. The number of unbranched alkanes of at least 4 members (excludes halogenated alkanes) is 1. The maximum Gasteiger partial charge on any atom is 0.0471 e. The Labute approximate surface area is 80.4 Å². The molecule has 1 aromatic carbocycles. The fourth-order valence-corrected chi connectivity index (χ4v) is 1.53. The van der Waals surface area contributed by atoms with Gasteiger partial charge in [-0.25, -0.2) is 0 Å². The first-order valence-electron chi connectivity index (χ1n) is 5.06. The number of hydrogen-bond donors (Lipinski definition) is 1. The van der Waals surface area contributed by atoms with Crippen LogP contribution in [0.15, 0.2) is 24.3 Å². The highest BCUT2D eigenvalue weighted by atomic mass is 16.2. The van der Waals surface area contributed by atoms with Crippen molar-refractivity contribution in [2.75, 3.05) is 6.61 Å². The largest absolute Gasteiger partial charge is 0.396 e. The lowest BCUT2D eigenvalue weighted by Crippen LogP contribution is -1.97. The Bertz CT molecular complexity index is 243. The molecule has 13 heavy (non-hydrogen) atoms. The van der Waals surface area contributed by atoms with Gasteiger partial charge in [-0.2, -0.15) is 0 Å². The van der Waals surface area contributed by atoms with Gasteiger partial charge < -0.3 is 5.11 Å². The Morgan fingerprint density at radius 3 is 2.23 bits per heavy atom. The van der Waals surface area contributed by atoms with Gasteiger partial charge in [0, 0.05) is 6.61 Å². The Morgan fingerprint density at radius 1 is 1.08 bits per heavy atom. The van der Waals surface area contributed by atoms with E-state index < -0.39 is 0 Å². The van der Waals surface area contributed by atoms with Gasteiger partial charge in [-0.05, 0) is 30.4 Å². The van der Waals surface area contributed by atoms with Gasteiger partial charge in [0.25, 0.3) is 0 Å². The molecule has 0 spiro atoms. The van der Waals surface area contributed by atoms with E-state index in [4.69, 9.17) is 5.11 Å². The van der Waals surface area contributed by atoms with Crippen molar-refractivity contribution in [2.24, 2.45) is 0 Å². The van der Waals surface area contributed by atoms with E-state index in [0.29, 0.717) is 0 Å². The minimum atomic E-state index is 0.253. The Morgan fingerprint density at radius 2 is 1.69 bits per heavy atom. The summed E-state index contributed by atoms with van der Waals surface area (Å²) in [5, 5.41) is 8.87. The van der Waals surface area contributed by atoms with E-state index >= 15 is 0 Å². The van der Waals surface area contributed by atoms with Crippen LogP contribution in [0.2, 0.25) is 0 Å². The summed E-state index contributed by atoms with van der Waals surface area (Å²) < 4.78 is 0. The maximum atomic E-state index is 8.87. The molecule has 1 aromatic rings. The number of hydrogen-bond acceptors (Lipinski definition) is 1. The van der Waals surface area contributed by atoms with Crippen molar-refractivity contribution in [2.45, 2.75) is 32.6 Å². The maximum absolute atomic E-state index is 8.87. The number of benzene rings is 1. The molecule has 0 heterocycles. The van der Waals surface area contributed by atoms with E-state index in [1.165, 1.54) is 24.0 Å². The molecule has 0 unspecified atom stereocenters. The second-order valence-corrected chi connectivity index (χ2v) is 3.35. The van der Waals surface area contributed by atoms with Crippen molar-refractivity contribution in [3.63, 3.8) is 0 Å². The second kappa shape index (κ2) is 5.76. The number of rotatable bonds is 5. The molecule has 1 N–H and O–H groups in total. The second-order valence-electron chi connectivity index (χ2n) is 3.35. The van der Waals surface area contributed by atoms with Crippen LogP contribution < -0.4 is 0 Å². The van der Waals surface area contributed by atoms with E-state index in [9.17, 15) is 0 Å². The van der Waals surface area contributed by atoms with Gasteiger partial charge in [-0.15, -0.1) is 0 Å². The van der Waals surface area contributed by atoms with Crippen LogP contribution in [0.4, 0.5) is 0 Å².